The molecule has 0 aliphatic carbocycles. The fourth-order valence-corrected chi connectivity index (χ4v) is 2.72. The van der Waals surface area contributed by atoms with E-state index in [9.17, 15) is 0 Å². The molecule has 0 aromatic heterocycles. The molecule has 0 N–H and O–H groups in total. The second-order valence-electron chi connectivity index (χ2n) is 5.88. The number of hydrogen-bond donors (Lipinski definition) is 0. The van der Waals surface area contributed by atoms with Gasteiger partial charge in [0, 0.05) is 44.6 Å². The third-order valence-electron chi connectivity index (χ3n) is 4.08. The fraction of sp³-hybridized carbons (Fsp3) is 0.200. The molecule has 1 heterocycles. The lowest BCUT2D eigenvalue weighted by atomic mass is 9.98. The van der Waals surface area contributed by atoms with E-state index >= 15 is 0 Å². The van der Waals surface area contributed by atoms with E-state index in [-0.39, 0.29) is 0 Å². The van der Waals surface area contributed by atoms with Crippen LogP contribution in [0.5, 0.6) is 0 Å². The van der Waals surface area contributed by atoms with Gasteiger partial charge in [-0.3, -0.25) is 0 Å². The first-order chi connectivity index (χ1) is 10.6. The third-order valence-corrected chi connectivity index (χ3v) is 4.08. The Bertz CT molecular complexity index is 709. The monoisotopic (exact) mass is 290 g/mol. The Balaban J connectivity index is 1.84. The zero-order chi connectivity index (χ0) is 15.5. The van der Waals surface area contributed by atoms with E-state index < -0.39 is 0 Å². The van der Waals surface area contributed by atoms with Crippen molar-refractivity contribution in [2.75, 3.05) is 37.5 Å². The predicted octanol–water partition coefficient (Wildman–Crippen LogP) is 4.30. The van der Waals surface area contributed by atoms with Gasteiger partial charge in [0.1, 0.15) is 0 Å². The quantitative estimate of drug-likeness (QED) is 0.831. The minimum absolute atomic E-state index is 0.955. The molecule has 0 radical (unpaired) electrons. The van der Waals surface area contributed by atoms with Crippen LogP contribution >= 0.6 is 0 Å². The summed E-state index contributed by atoms with van der Waals surface area (Å²) in [6.07, 6.45) is 6.69. The average molecular weight is 290 g/mol. The average Bonchev–Trinajstić information content (AvgIpc) is 2.55. The van der Waals surface area contributed by atoms with Crippen molar-refractivity contribution in [2.24, 2.45) is 0 Å². The fourth-order valence-electron chi connectivity index (χ4n) is 2.72. The van der Waals surface area contributed by atoms with Gasteiger partial charge in [-0.25, -0.2) is 0 Å². The molecular formula is C20H22N2. The summed E-state index contributed by atoms with van der Waals surface area (Å²) in [7, 11) is 6.26. The van der Waals surface area contributed by atoms with E-state index in [4.69, 9.17) is 0 Å². The minimum Gasteiger partial charge on any atom is -0.378 e. The van der Waals surface area contributed by atoms with Crippen molar-refractivity contribution < 1.29 is 0 Å². The highest BCUT2D eigenvalue weighted by molar-refractivity contribution is 5.87. The molecule has 0 amide bonds. The first-order valence-corrected chi connectivity index (χ1v) is 7.61. The summed E-state index contributed by atoms with van der Waals surface area (Å²) in [4.78, 5) is 4.39. The number of fused-ring (bicyclic) bond motifs is 1. The molecule has 0 fully saturated rings. The van der Waals surface area contributed by atoms with Crippen molar-refractivity contribution in [1.29, 1.82) is 0 Å². The number of benzene rings is 2. The second-order valence-corrected chi connectivity index (χ2v) is 5.88. The Morgan fingerprint density at radius 2 is 1.68 bits per heavy atom. The topological polar surface area (TPSA) is 6.48 Å². The molecular weight excluding hydrogens is 268 g/mol. The third kappa shape index (κ3) is 2.91. The Labute approximate surface area is 133 Å². The molecule has 3 rings (SSSR count). The number of hydrogen-bond acceptors (Lipinski definition) is 2. The summed E-state index contributed by atoms with van der Waals surface area (Å²) in [5.41, 5.74) is 6.35. The van der Waals surface area contributed by atoms with E-state index in [2.05, 4.69) is 97.7 Å². The summed E-state index contributed by atoms with van der Waals surface area (Å²) >= 11 is 0. The van der Waals surface area contributed by atoms with Crippen molar-refractivity contribution in [1.82, 2.24) is 0 Å². The van der Waals surface area contributed by atoms with Crippen LogP contribution in [0.25, 0.3) is 11.6 Å². The van der Waals surface area contributed by atoms with Gasteiger partial charge < -0.3 is 9.80 Å². The van der Waals surface area contributed by atoms with Gasteiger partial charge in [0.2, 0.25) is 0 Å². The van der Waals surface area contributed by atoms with E-state index in [1.165, 1.54) is 28.1 Å². The molecule has 0 bridgehead atoms. The van der Waals surface area contributed by atoms with Crippen LogP contribution in [0.4, 0.5) is 11.4 Å². The van der Waals surface area contributed by atoms with Crippen molar-refractivity contribution in [3.8, 4) is 0 Å². The lowest BCUT2D eigenvalue weighted by Gasteiger charge is -2.26. The van der Waals surface area contributed by atoms with Gasteiger partial charge in [0.05, 0.1) is 0 Å². The van der Waals surface area contributed by atoms with Crippen LogP contribution in [-0.2, 0) is 0 Å². The Kier molecular flexibility index (Phi) is 4.01. The number of rotatable bonds is 3. The van der Waals surface area contributed by atoms with Crippen molar-refractivity contribution in [3.63, 3.8) is 0 Å². The van der Waals surface area contributed by atoms with Crippen LogP contribution < -0.4 is 9.80 Å². The summed E-state index contributed by atoms with van der Waals surface area (Å²) in [6.45, 7) is 0.955. The molecule has 2 aromatic carbocycles. The van der Waals surface area contributed by atoms with E-state index in [1.54, 1.807) is 0 Å². The van der Waals surface area contributed by atoms with Crippen LogP contribution in [0.1, 0.15) is 11.1 Å². The second kappa shape index (κ2) is 6.10. The molecule has 1 aliphatic rings. The first-order valence-electron chi connectivity index (χ1n) is 7.61. The molecule has 0 saturated carbocycles. The Morgan fingerprint density at radius 1 is 0.955 bits per heavy atom. The summed E-state index contributed by atoms with van der Waals surface area (Å²) < 4.78 is 0. The number of para-hydroxylation sites is 1. The van der Waals surface area contributed by atoms with Gasteiger partial charge in [0.15, 0.2) is 0 Å². The summed E-state index contributed by atoms with van der Waals surface area (Å²) in [5, 5.41) is 0. The minimum atomic E-state index is 0.955. The van der Waals surface area contributed by atoms with E-state index in [0.717, 1.165) is 6.54 Å². The van der Waals surface area contributed by atoms with Crippen molar-refractivity contribution in [3.05, 3.63) is 71.8 Å². The van der Waals surface area contributed by atoms with Gasteiger partial charge in [-0.15, -0.1) is 0 Å². The number of likely N-dealkylation sites (N-methyl/N-ethyl adjacent to an activating group) is 1. The smallest absolute Gasteiger partial charge is 0.0446 e. The zero-order valence-corrected chi connectivity index (χ0v) is 13.5. The molecule has 112 valence electrons. The SMILES string of the molecule is CN(C)c1ccc(/C=C/C2=CCN(C)c3ccccc32)cc1. The highest BCUT2D eigenvalue weighted by Crippen LogP contribution is 2.31. The molecule has 2 nitrogen and oxygen atoms in total. The van der Waals surface area contributed by atoms with Crippen molar-refractivity contribution >= 4 is 23.0 Å². The molecule has 2 aromatic rings. The number of allylic oxidation sites excluding steroid dienone is 2. The summed E-state index contributed by atoms with van der Waals surface area (Å²) in [6, 6.07) is 17.2. The number of nitrogens with zero attached hydrogens (tertiary/aromatic N) is 2. The van der Waals surface area contributed by atoms with Gasteiger partial charge >= 0.3 is 0 Å². The lowest BCUT2D eigenvalue weighted by Crippen LogP contribution is -2.21. The molecule has 0 unspecified atom stereocenters. The maximum atomic E-state index is 2.28. The largest absolute Gasteiger partial charge is 0.378 e. The molecule has 22 heavy (non-hydrogen) atoms. The zero-order valence-electron chi connectivity index (χ0n) is 13.5. The van der Waals surface area contributed by atoms with Crippen LogP contribution in [0.2, 0.25) is 0 Å². The maximum absolute atomic E-state index is 2.28. The first kappa shape index (κ1) is 14.5. The standard InChI is InChI=1S/C20H22N2/c1-21(2)18-12-9-16(10-13-18)8-11-17-14-15-22(3)20-7-5-4-6-19(17)20/h4-14H,15H2,1-3H3/b11-8+. The van der Waals surface area contributed by atoms with E-state index in [0.29, 0.717) is 0 Å². The highest BCUT2D eigenvalue weighted by atomic mass is 15.1. The van der Waals surface area contributed by atoms with Gasteiger partial charge in [-0.1, -0.05) is 48.6 Å². The molecule has 2 heteroatoms. The van der Waals surface area contributed by atoms with Crippen LogP contribution in [0.15, 0.2) is 60.7 Å². The van der Waals surface area contributed by atoms with Crippen LogP contribution in [0.3, 0.4) is 0 Å². The van der Waals surface area contributed by atoms with Crippen molar-refractivity contribution in [2.45, 2.75) is 0 Å². The molecule has 1 aliphatic heterocycles. The predicted molar refractivity (Wildman–Crippen MR) is 97.5 cm³/mol. The molecule has 0 spiro atoms. The Morgan fingerprint density at radius 3 is 2.41 bits per heavy atom. The lowest BCUT2D eigenvalue weighted by molar-refractivity contribution is 1.01. The normalized spacial score (nSPS) is 14.0. The van der Waals surface area contributed by atoms with Gasteiger partial charge in [0.25, 0.3) is 0 Å². The highest BCUT2D eigenvalue weighted by Gasteiger charge is 2.13. The van der Waals surface area contributed by atoms with E-state index in [1.807, 2.05) is 0 Å². The maximum Gasteiger partial charge on any atom is 0.0446 e. The Hall–Kier alpha value is -2.48. The number of anilines is 2. The van der Waals surface area contributed by atoms with Gasteiger partial charge in [-0.2, -0.15) is 0 Å². The summed E-state index contributed by atoms with van der Waals surface area (Å²) in [5.74, 6) is 0. The van der Waals surface area contributed by atoms with Gasteiger partial charge in [-0.05, 0) is 29.3 Å². The van der Waals surface area contributed by atoms with Crippen LogP contribution in [0, 0.1) is 0 Å². The molecule has 0 atom stereocenters. The van der Waals surface area contributed by atoms with Crippen LogP contribution in [-0.4, -0.2) is 27.7 Å². The molecule has 0 saturated heterocycles.